The van der Waals surface area contributed by atoms with Gasteiger partial charge in [-0.2, -0.15) is 0 Å². The minimum atomic E-state index is -0.573. The summed E-state index contributed by atoms with van der Waals surface area (Å²) in [5.41, 5.74) is 8.83. The summed E-state index contributed by atoms with van der Waals surface area (Å²) in [6.07, 6.45) is 0. The van der Waals surface area contributed by atoms with Crippen molar-refractivity contribution in [1.29, 1.82) is 0 Å². The van der Waals surface area contributed by atoms with Crippen LogP contribution in [0.2, 0.25) is 10.0 Å². The molecule has 0 heterocycles. The van der Waals surface area contributed by atoms with Crippen LogP contribution >= 0.6 is 23.2 Å². The van der Waals surface area contributed by atoms with Crippen molar-refractivity contribution in [2.45, 2.75) is 27.3 Å². The molecule has 0 saturated carbocycles. The fourth-order valence-corrected chi connectivity index (χ4v) is 1.53. The van der Waals surface area contributed by atoms with Crippen LogP contribution in [0.4, 0.5) is 5.69 Å². The molecule has 3 N–H and O–H groups in total. The lowest BCUT2D eigenvalue weighted by molar-refractivity contribution is -0.161. The Hall–Kier alpha value is -0.970. The maximum absolute atomic E-state index is 11.5. The molecular formula is C12H16Cl2N2O2. The quantitative estimate of drug-likeness (QED) is 0.663. The number of nitrogens with two attached hydrogens (primary N) is 1. The Bertz CT molecular complexity index is 456. The first kappa shape index (κ1) is 15.1. The third kappa shape index (κ3) is 3.77. The number of hydrogen-bond acceptors (Lipinski definition) is 4. The SMILES string of the molecule is CC(C)(C)C(=O)ONCc1c(N)ccc(Cl)c1Cl. The first-order valence-electron chi connectivity index (χ1n) is 5.40. The monoisotopic (exact) mass is 290 g/mol. The predicted octanol–water partition coefficient (Wildman–Crippen LogP) is 3.17. The number of nitrogens with one attached hydrogen (secondary N) is 1. The minimum absolute atomic E-state index is 0.201. The molecule has 0 unspecified atom stereocenters. The summed E-state index contributed by atoms with van der Waals surface area (Å²) >= 11 is 11.9. The maximum Gasteiger partial charge on any atom is 0.329 e. The van der Waals surface area contributed by atoms with Gasteiger partial charge in [-0.3, -0.25) is 0 Å². The first-order chi connectivity index (χ1) is 8.23. The lowest BCUT2D eigenvalue weighted by Crippen LogP contribution is -2.29. The smallest absolute Gasteiger partial charge is 0.329 e. The topological polar surface area (TPSA) is 64.3 Å². The fraction of sp³-hybridized carbons (Fsp3) is 0.417. The third-order valence-corrected chi connectivity index (χ3v) is 3.10. The minimum Gasteiger partial charge on any atom is -0.398 e. The van der Waals surface area contributed by atoms with Crippen LogP contribution in [0.3, 0.4) is 0 Å². The number of benzene rings is 1. The highest BCUT2D eigenvalue weighted by atomic mass is 35.5. The van der Waals surface area contributed by atoms with Crippen molar-refractivity contribution < 1.29 is 9.63 Å². The largest absolute Gasteiger partial charge is 0.398 e. The summed E-state index contributed by atoms with van der Waals surface area (Å²) in [5, 5.41) is 0.765. The lowest BCUT2D eigenvalue weighted by Gasteiger charge is -2.17. The highest BCUT2D eigenvalue weighted by Gasteiger charge is 2.23. The Balaban J connectivity index is 2.65. The van der Waals surface area contributed by atoms with Crippen LogP contribution in [0.15, 0.2) is 12.1 Å². The molecule has 0 aliphatic rings. The number of carbonyl (C=O) groups is 1. The van der Waals surface area contributed by atoms with Crippen LogP contribution in [0.5, 0.6) is 0 Å². The van der Waals surface area contributed by atoms with Gasteiger partial charge in [0.1, 0.15) is 0 Å². The van der Waals surface area contributed by atoms with Gasteiger partial charge in [-0.25, -0.2) is 4.79 Å². The average Bonchev–Trinajstić information content (AvgIpc) is 2.27. The molecule has 0 bridgehead atoms. The van der Waals surface area contributed by atoms with Crippen LogP contribution in [-0.4, -0.2) is 5.97 Å². The zero-order chi connectivity index (χ0) is 13.9. The summed E-state index contributed by atoms with van der Waals surface area (Å²) in [6.45, 7) is 5.49. The average molecular weight is 291 g/mol. The van der Waals surface area contributed by atoms with Crippen molar-refractivity contribution in [2.75, 3.05) is 5.73 Å². The molecule has 1 aromatic rings. The highest BCUT2D eigenvalue weighted by Crippen LogP contribution is 2.29. The Morgan fingerprint density at radius 2 is 2.00 bits per heavy atom. The molecule has 18 heavy (non-hydrogen) atoms. The number of rotatable bonds is 3. The molecular weight excluding hydrogens is 275 g/mol. The van der Waals surface area contributed by atoms with E-state index in [1.807, 2.05) is 0 Å². The molecule has 0 aliphatic carbocycles. The van der Waals surface area contributed by atoms with Crippen molar-refractivity contribution in [3.05, 3.63) is 27.7 Å². The van der Waals surface area contributed by atoms with E-state index in [2.05, 4.69) is 5.48 Å². The summed E-state index contributed by atoms with van der Waals surface area (Å²) in [7, 11) is 0. The molecule has 6 heteroatoms. The molecule has 0 saturated heterocycles. The molecule has 0 radical (unpaired) electrons. The molecule has 0 fully saturated rings. The normalized spacial score (nSPS) is 11.4. The number of nitrogen functional groups attached to an aromatic ring is 1. The molecule has 4 nitrogen and oxygen atoms in total. The Labute approximate surface area is 116 Å². The van der Waals surface area contributed by atoms with Crippen LogP contribution in [0.1, 0.15) is 26.3 Å². The van der Waals surface area contributed by atoms with Crippen molar-refractivity contribution in [3.63, 3.8) is 0 Å². The van der Waals surface area contributed by atoms with Crippen molar-refractivity contribution in [1.82, 2.24) is 5.48 Å². The van der Waals surface area contributed by atoms with Gasteiger partial charge in [-0.15, -0.1) is 5.48 Å². The summed E-state index contributed by atoms with van der Waals surface area (Å²) in [5.74, 6) is -0.362. The van der Waals surface area contributed by atoms with E-state index >= 15 is 0 Å². The molecule has 0 aliphatic heterocycles. The Morgan fingerprint density at radius 1 is 1.39 bits per heavy atom. The predicted molar refractivity (Wildman–Crippen MR) is 73.3 cm³/mol. The maximum atomic E-state index is 11.5. The molecule has 1 aromatic carbocycles. The number of hydroxylamine groups is 1. The standard InChI is InChI=1S/C12H16Cl2N2O2/c1-12(2,3)11(17)18-16-6-7-9(15)5-4-8(13)10(7)14/h4-5,16H,6,15H2,1-3H3. The van der Waals surface area contributed by atoms with Gasteiger partial charge in [0.15, 0.2) is 0 Å². The molecule has 0 amide bonds. The van der Waals surface area contributed by atoms with Crippen molar-refractivity contribution >= 4 is 34.9 Å². The van der Waals surface area contributed by atoms with E-state index in [4.69, 9.17) is 33.8 Å². The first-order valence-corrected chi connectivity index (χ1v) is 6.15. The van der Waals surface area contributed by atoms with Gasteiger partial charge >= 0.3 is 5.97 Å². The van der Waals surface area contributed by atoms with E-state index in [9.17, 15) is 4.79 Å². The molecule has 100 valence electrons. The van der Waals surface area contributed by atoms with Gasteiger partial charge in [0.2, 0.25) is 0 Å². The van der Waals surface area contributed by atoms with Gasteiger partial charge in [0, 0.05) is 11.3 Å². The molecule has 1 rings (SSSR count). The number of halogens is 2. The summed E-state index contributed by atoms with van der Waals surface area (Å²) < 4.78 is 0. The van der Waals surface area contributed by atoms with Crippen molar-refractivity contribution in [2.24, 2.45) is 5.41 Å². The zero-order valence-electron chi connectivity index (χ0n) is 10.5. The summed E-state index contributed by atoms with van der Waals surface area (Å²) in [4.78, 5) is 16.4. The second kappa shape index (κ2) is 5.78. The number of anilines is 1. The van der Waals surface area contributed by atoms with E-state index in [0.717, 1.165) is 0 Å². The van der Waals surface area contributed by atoms with Gasteiger partial charge in [-0.1, -0.05) is 23.2 Å². The molecule has 0 spiro atoms. The van der Waals surface area contributed by atoms with Crippen LogP contribution < -0.4 is 11.2 Å². The molecule has 0 aromatic heterocycles. The van der Waals surface area contributed by atoms with Crippen LogP contribution in [-0.2, 0) is 16.2 Å². The molecule has 0 atom stereocenters. The van der Waals surface area contributed by atoms with Gasteiger partial charge in [-0.05, 0) is 32.9 Å². The Kier molecular flexibility index (Phi) is 4.85. The van der Waals surface area contributed by atoms with E-state index in [1.165, 1.54) is 0 Å². The second-order valence-corrected chi connectivity index (χ2v) is 5.67. The summed E-state index contributed by atoms with van der Waals surface area (Å²) in [6, 6.07) is 3.26. The van der Waals surface area contributed by atoms with E-state index in [1.54, 1.807) is 32.9 Å². The van der Waals surface area contributed by atoms with Gasteiger partial charge < -0.3 is 10.6 Å². The lowest BCUT2D eigenvalue weighted by atomic mass is 9.98. The number of hydrogen-bond donors (Lipinski definition) is 2. The Morgan fingerprint density at radius 3 is 2.56 bits per heavy atom. The van der Waals surface area contributed by atoms with Gasteiger partial charge in [0.05, 0.1) is 22.0 Å². The van der Waals surface area contributed by atoms with Crippen LogP contribution in [0, 0.1) is 5.41 Å². The second-order valence-electron chi connectivity index (χ2n) is 4.89. The number of carbonyl (C=O) groups excluding carboxylic acids is 1. The van der Waals surface area contributed by atoms with Gasteiger partial charge in [0.25, 0.3) is 0 Å². The van der Waals surface area contributed by atoms with Crippen LogP contribution in [0.25, 0.3) is 0 Å². The highest BCUT2D eigenvalue weighted by molar-refractivity contribution is 6.42. The van der Waals surface area contributed by atoms with E-state index in [0.29, 0.717) is 21.3 Å². The van der Waals surface area contributed by atoms with E-state index in [-0.39, 0.29) is 12.5 Å². The zero-order valence-corrected chi connectivity index (χ0v) is 12.0. The fourth-order valence-electron chi connectivity index (χ4n) is 1.11. The third-order valence-electron chi connectivity index (χ3n) is 2.26. The van der Waals surface area contributed by atoms with Crippen molar-refractivity contribution in [3.8, 4) is 0 Å². The van der Waals surface area contributed by atoms with E-state index < -0.39 is 5.41 Å².